The predicted octanol–water partition coefficient (Wildman–Crippen LogP) is 1.42. The second-order valence-corrected chi connectivity index (χ2v) is 5.58. The van der Waals surface area contributed by atoms with Gasteiger partial charge in [0.05, 0.1) is 0 Å². The summed E-state index contributed by atoms with van der Waals surface area (Å²) < 4.78 is 0. The number of hydrogen-bond acceptors (Lipinski definition) is 2. The third-order valence-electron chi connectivity index (χ3n) is 2.53. The van der Waals surface area contributed by atoms with Crippen molar-refractivity contribution in [2.45, 2.75) is 58.5 Å². The van der Waals surface area contributed by atoms with E-state index >= 15 is 0 Å². The highest BCUT2D eigenvalue weighted by atomic mass is 16.1. The highest BCUT2D eigenvalue weighted by molar-refractivity contribution is 5.76. The van der Waals surface area contributed by atoms with Crippen LogP contribution in [-0.2, 0) is 4.79 Å². The van der Waals surface area contributed by atoms with Crippen molar-refractivity contribution in [1.29, 1.82) is 0 Å². The van der Waals surface area contributed by atoms with Gasteiger partial charge in [0.15, 0.2) is 0 Å². The zero-order valence-electron chi connectivity index (χ0n) is 9.47. The Balaban J connectivity index is 2.27. The molecule has 1 fully saturated rings. The van der Waals surface area contributed by atoms with Gasteiger partial charge in [0.2, 0.25) is 5.91 Å². The molecule has 0 bridgehead atoms. The van der Waals surface area contributed by atoms with Gasteiger partial charge in [-0.05, 0) is 24.7 Å². The second kappa shape index (κ2) is 4.30. The van der Waals surface area contributed by atoms with Crippen LogP contribution >= 0.6 is 0 Å². The first kappa shape index (κ1) is 11.5. The van der Waals surface area contributed by atoms with Crippen LogP contribution in [0, 0.1) is 5.41 Å². The van der Waals surface area contributed by atoms with Gasteiger partial charge in [-0.1, -0.05) is 20.8 Å². The summed E-state index contributed by atoms with van der Waals surface area (Å²) in [6.07, 6.45) is 3.62. The summed E-state index contributed by atoms with van der Waals surface area (Å²) in [6, 6.07) is 0.606. The first-order valence-electron chi connectivity index (χ1n) is 5.42. The van der Waals surface area contributed by atoms with Crippen molar-refractivity contribution in [3.05, 3.63) is 0 Å². The van der Waals surface area contributed by atoms with E-state index in [-0.39, 0.29) is 17.4 Å². The van der Waals surface area contributed by atoms with Crippen LogP contribution in [0.5, 0.6) is 0 Å². The molecule has 3 nitrogen and oxygen atoms in total. The van der Waals surface area contributed by atoms with E-state index in [1.165, 1.54) is 0 Å². The number of nitrogens with two attached hydrogens (primary N) is 1. The van der Waals surface area contributed by atoms with Crippen molar-refractivity contribution in [3.63, 3.8) is 0 Å². The Morgan fingerprint density at radius 1 is 1.43 bits per heavy atom. The van der Waals surface area contributed by atoms with E-state index in [0.717, 1.165) is 19.3 Å². The number of rotatable bonds is 2. The van der Waals surface area contributed by atoms with Crippen LogP contribution in [0.4, 0.5) is 0 Å². The number of nitrogens with one attached hydrogen (secondary N) is 1. The smallest absolute Gasteiger partial charge is 0.220 e. The molecule has 0 aromatic carbocycles. The maximum absolute atomic E-state index is 11.6. The SMILES string of the molecule is CC(C)(C)CC(=O)NC1CCC(N)C1. The molecule has 1 aliphatic carbocycles. The molecule has 0 saturated heterocycles. The minimum Gasteiger partial charge on any atom is -0.353 e. The normalized spacial score (nSPS) is 27.7. The summed E-state index contributed by atoms with van der Waals surface area (Å²) in [7, 11) is 0. The molecule has 0 heterocycles. The fourth-order valence-electron chi connectivity index (χ4n) is 1.91. The zero-order chi connectivity index (χ0) is 10.8. The average Bonchev–Trinajstić information content (AvgIpc) is 2.30. The molecular weight excluding hydrogens is 176 g/mol. The second-order valence-electron chi connectivity index (χ2n) is 5.58. The number of carbonyl (C=O) groups is 1. The fraction of sp³-hybridized carbons (Fsp3) is 0.909. The first-order valence-corrected chi connectivity index (χ1v) is 5.42. The Bertz CT molecular complexity index is 208. The van der Waals surface area contributed by atoms with E-state index in [9.17, 15) is 4.79 Å². The molecule has 1 rings (SSSR count). The molecule has 0 radical (unpaired) electrons. The van der Waals surface area contributed by atoms with Gasteiger partial charge in [0.25, 0.3) is 0 Å². The zero-order valence-corrected chi connectivity index (χ0v) is 9.47. The highest BCUT2D eigenvalue weighted by Gasteiger charge is 2.24. The lowest BCUT2D eigenvalue weighted by atomic mass is 9.92. The molecule has 0 aromatic rings. The third kappa shape index (κ3) is 4.09. The summed E-state index contributed by atoms with van der Waals surface area (Å²) in [6.45, 7) is 6.23. The summed E-state index contributed by atoms with van der Waals surface area (Å²) in [4.78, 5) is 11.6. The molecule has 0 aliphatic heterocycles. The van der Waals surface area contributed by atoms with Crippen molar-refractivity contribution < 1.29 is 4.79 Å². The van der Waals surface area contributed by atoms with Crippen molar-refractivity contribution in [3.8, 4) is 0 Å². The molecule has 3 N–H and O–H groups in total. The van der Waals surface area contributed by atoms with Crippen LogP contribution < -0.4 is 11.1 Å². The van der Waals surface area contributed by atoms with Crippen LogP contribution in [0.2, 0.25) is 0 Å². The molecule has 1 amide bonds. The van der Waals surface area contributed by atoms with Gasteiger partial charge in [0.1, 0.15) is 0 Å². The Morgan fingerprint density at radius 3 is 2.50 bits per heavy atom. The molecule has 3 heteroatoms. The monoisotopic (exact) mass is 198 g/mol. The summed E-state index contributed by atoms with van der Waals surface area (Å²) in [5.74, 6) is 0.164. The van der Waals surface area contributed by atoms with Crippen LogP contribution in [0.15, 0.2) is 0 Å². The topological polar surface area (TPSA) is 55.1 Å². The minimum atomic E-state index is 0.0742. The van der Waals surface area contributed by atoms with Crippen molar-refractivity contribution in [1.82, 2.24) is 5.32 Å². The molecular formula is C11H22N2O. The standard InChI is InChI=1S/C11H22N2O/c1-11(2,3)7-10(14)13-9-5-4-8(12)6-9/h8-9H,4-7,12H2,1-3H3,(H,13,14). The largest absolute Gasteiger partial charge is 0.353 e. The van der Waals surface area contributed by atoms with E-state index in [1.54, 1.807) is 0 Å². The Hall–Kier alpha value is -0.570. The van der Waals surface area contributed by atoms with Gasteiger partial charge < -0.3 is 11.1 Å². The molecule has 0 aromatic heterocycles. The number of hydrogen-bond donors (Lipinski definition) is 2. The van der Waals surface area contributed by atoms with E-state index in [4.69, 9.17) is 5.73 Å². The van der Waals surface area contributed by atoms with Crippen molar-refractivity contribution in [2.24, 2.45) is 11.1 Å². The molecule has 1 aliphatic rings. The fourth-order valence-corrected chi connectivity index (χ4v) is 1.91. The Kier molecular flexibility index (Phi) is 3.53. The summed E-state index contributed by atoms with van der Waals surface area (Å²) >= 11 is 0. The molecule has 2 unspecified atom stereocenters. The van der Waals surface area contributed by atoms with E-state index in [2.05, 4.69) is 26.1 Å². The lowest BCUT2D eigenvalue weighted by Crippen LogP contribution is -2.35. The van der Waals surface area contributed by atoms with E-state index in [0.29, 0.717) is 12.5 Å². The first-order chi connectivity index (χ1) is 6.37. The van der Waals surface area contributed by atoms with E-state index < -0.39 is 0 Å². The van der Waals surface area contributed by atoms with Crippen LogP contribution in [0.3, 0.4) is 0 Å². The lowest BCUT2D eigenvalue weighted by molar-refractivity contribution is -0.123. The van der Waals surface area contributed by atoms with Gasteiger partial charge in [-0.25, -0.2) is 0 Å². The minimum absolute atomic E-state index is 0.0742. The van der Waals surface area contributed by atoms with Gasteiger partial charge in [-0.3, -0.25) is 4.79 Å². The molecule has 14 heavy (non-hydrogen) atoms. The van der Waals surface area contributed by atoms with Gasteiger partial charge in [-0.2, -0.15) is 0 Å². The van der Waals surface area contributed by atoms with Gasteiger partial charge in [0, 0.05) is 18.5 Å². The maximum atomic E-state index is 11.6. The number of carbonyl (C=O) groups excluding carboxylic acids is 1. The quantitative estimate of drug-likeness (QED) is 0.705. The highest BCUT2D eigenvalue weighted by Crippen LogP contribution is 2.20. The van der Waals surface area contributed by atoms with Gasteiger partial charge in [-0.15, -0.1) is 0 Å². The Morgan fingerprint density at radius 2 is 2.07 bits per heavy atom. The van der Waals surface area contributed by atoms with Crippen molar-refractivity contribution >= 4 is 5.91 Å². The van der Waals surface area contributed by atoms with Crippen LogP contribution in [-0.4, -0.2) is 18.0 Å². The molecule has 82 valence electrons. The third-order valence-corrected chi connectivity index (χ3v) is 2.53. The number of amides is 1. The molecule has 2 atom stereocenters. The van der Waals surface area contributed by atoms with Crippen LogP contribution in [0.1, 0.15) is 46.5 Å². The summed E-state index contributed by atoms with van der Waals surface area (Å²) in [5, 5.41) is 3.05. The lowest BCUT2D eigenvalue weighted by Gasteiger charge is -2.19. The predicted molar refractivity (Wildman–Crippen MR) is 57.8 cm³/mol. The maximum Gasteiger partial charge on any atom is 0.220 e. The summed E-state index contributed by atoms with van der Waals surface area (Å²) in [5.41, 5.74) is 5.85. The van der Waals surface area contributed by atoms with Crippen LogP contribution in [0.25, 0.3) is 0 Å². The molecule has 1 saturated carbocycles. The molecule has 0 spiro atoms. The average molecular weight is 198 g/mol. The Labute approximate surface area is 86.4 Å². The van der Waals surface area contributed by atoms with E-state index in [1.807, 2.05) is 0 Å². The van der Waals surface area contributed by atoms with Gasteiger partial charge >= 0.3 is 0 Å². The van der Waals surface area contributed by atoms with Crippen molar-refractivity contribution in [2.75, 3.05) is 0 Å².